The maximum Gasteiger partial charge on any atom is 0.223 e. The van der Waals surface area contributed by atoms with Gasteiger partial charge in [-0.05, 0) is 75.5 Å². The Balaban J connectivity index is 1.35. The van der Waals surface area contributed by atoms with E-state index < -0.39 is 0 Å². The van der Waals surface area contributed by atoms with Crippen LogP contribution >= 0.6 is 11.8 Å². The Morgan fingerprint density at radius 3 is 2.55 bits per heavy atom. The van der Waals surface area contributed by atoms with Crippen molar-refractivity contribution in [2.24, 2.45) is 11.8 Å². The van der Waals surface area contributed by atoms with E-state index in [4.69, 9.17) is 0 Å². The summed E-state index contributed by atoms with van der Waals surface area (Å²) in [5.41, 5.74) is 0. The molecule has 1 amide bonds. The molecule has 2 heterocycles. The summed E-state index contributed by atoms with van der Waals surface area (Å²) in [7, 11) is 0. The minimum atomic E-state index is 0.227. The van der Waals surface area contributed by atoms with Crippen molar-refractivity contribution in [2.75, 3.05) is 31.1 Å². The topological polar surface area (TPSA) is 32.3 Å². The second kappa shape index (κ2) is 8.39. The molecule has 4 heteroatoms. The smallest absolute Gasteiger partial charge is 0.223 e. The van der Waals surface area contributed by atoms with Gasteiger partial charge in [-0.3, -0.25) is 4.79 Å². The first-order valence-electron chi connectivity index (χ1n) is 9.07. The SMILES string of the molecule is O=C(NCC1CCN(C2CCSCC2)CC1)[C@H]1CC=CCC1. The van der Waals surface area contributed by atoms with Gasteiger partial charge in [-0.1, -0.05) is 12.2 Å². The molecule has 1 aliphatic carbocycles. The zero-order valence-corrected chi connectivity index (χ0v) is 14.5. The Bertz CT molecular complexity index is 385. The fraction of sp³-hybridized carbons (Fsp3) is 0.833. The number of allylic oxidation sites excluding steroid dienone is 2. The van der Waals surface area contributed by atoms with Crippen molar-refractivity contribution in [2.45, 2.75) is 51.0 Å². The van der Waals surface area contributed by atoms with Crippen LogP contribution in [0.5, 0.6) is 0 Å². The Hall–Kier alpha value is -0.480. The molecule has 1 atom stereocenters. The average molecular weight is 323 g/mol. The van der Waals surface area contributed by atoms with E-state index in [0.717, 1.165) is 31.8 Å². The number of amides is 1. The highest BCUT2D eigenvalue weighted by Crippen LogP contribution is 2.26. The summed E-state index contributed by atoms with van der Waals surface area (Å²) < 4.78 is 0. The van der Waals surface area contributed by atoms with Crippen LogP contribution in [0.2, 0.25) is 0 Å². The molecule has 3 rings (SSSR count). The van der Waals surface area contributed by atoms with Gasteiger partial charge in [0.2, 0.25) is 5.91 Å². The van der Waals surface area contributed by atoms with Crippen LogP contribution in [0.25, 0.3) is 0 Å². The molecule has 3 nitrogen and oxygen atoms in total. The Morgan fingerprint density at radius 1 is 1.09 bits per heavy atom. The maximum atomic E-state index is 12.2. The predicted octanol–water partition coefficient (Wildman–Crippen LogP) is 3.07. The molecule has 124 valence electrons. The van der Waals surface area contributed by atoms with Crippen LogP contribution < -0.4 is 5.32 Å². The summed E-state index contributed by atoms with van der Waals surface area (Å²) in [6.45, 7) is 3.37. The fourth-order valence-corrected chi connectivity index (χ4v) is 5.08. The Labute approximate surface area is 139 Å². The third-order valence-electron chi connectivity index (χ3n) is 5.56. The highest BCUT2D eigenvalue weighted by molar-refractivity contribution is 7.99. The van der Waals surface area contributed by atoms with Crippen molar-refractivity contribution < 1.29 is 4.79 Å². The van der Waals surface area contributed by atoms with Crippen LogP contribution in [0.1, 0.15) is 44.9 Å². The van der Waals surface area contributed by atoms with Crippen molar-refractivity contribution in [3.8, 4) is 0 Å². The molecule has 0 aromatic rings. The summed E-state index contributed by atoms with van der Waals surface area (Å²) in [6, 6.07) is 0.839. The predicted molar refractivity (Wildman–Crippen MR) is 94.1 cm³/mol. The molecule has 2 fully saturated rings. The molecular formula is C18H30N2OS. The maximum absolute atomic E-state index is 12.2. The number of rotatable bonds is 4. The molecule has 0 saturated carbocycles. The average Bonchev–Trinajstić information content (AvgIpc) is 2.61. The zero-order valence-electron chi connectivity index (χ0n) is 13.6. The molecule has 22 heavy (non-hydrogen) atoms. The van der Waals surface area contributed by atoms with Crippen molar-refractivity contribution in [3.63, 3.8) is 0 Å². The van der Waals surface area contributed by atoms with E-state index in [-0.39, 0.29) is 11.8 Å². The number of carbonyl (C=O) groups excluding carboxylic acids is 1. The molecule has 2 saturated heterocycles. The van der Waals surface area contributed by atoms with E-state index in [1.807, 2.05) is 0 Å². The summed E-state index contributed by atoms with van der Waals surface area (Å²) in [5, 5.41) is 3.22. The quantitative estimate of drug-likeness (QED) is 0.807. The summed E-state index contributed by atoms with van der Waals surface area (Å²) in [6.07, 6.45) is 12.7. The number of carbonyl (C=O) groups is 1. The van der Waals surface area contributed by atoms with Gasteiger partial charge in [-0.25, -0.2) is 0 Å². The molecule has 0 unspecified atom stereocenters. The first kappa shape index (κ1) is 16.4. The lowest BCUT2D eigenvalue weighted by Gasteiger charge is -2.39. The third kappa shape index (κ3) is 4.51. The molecule has 0 bridgehead atoms. The lowest BCUT2D eigenvalue weighted by Crippen LogP contribution is -2.45. The van der Waals surface area contributed by atoms with Crippen LogP contribution in [0.15, 0.2) is 12.2 Å². The largest absolute Gasteiger partial charge is 0.356 e. The fourth-order valence-electron chi connectivity index (χ4n) is 3.99. The standard InChI is InChI=1S/C18H30N2OS/c21-18(16-4-2-1-3-5-16)19-14-15-6-10-20(11-7-15)17-8-12-22-13-9-17/h1-2,15-17H,3-14H2,(H,19,21)/t16-/m0/s1. The number of hydrogen-bond donors (Lipinski definition) is 1. The minimum Gasteiger partial charge on any atom is -0.356 e. The lowest BCUT2D eigenvalue weighted by atomic mass is 9.92. The molecule has 0 radical (unpaired) electrons. The highest BCUT2D eigenvalue weighted by Gasteiger charge is 2.27. The van der Waals surface area contributed by atoms with Gasteiger partial charge in [-0.2, -0.15) is 11.8 Å². The second-order valence-electron chi connectivity index (χ2n) is 7.05. The van der Waals surface area contributed by atoms with Gasteiger partial charge in [0.05, 0.1) is 0 Å². The summed E-state index contributed by atoms with van der Waals surface area (Å²) >= 11 is 2.11. The van der Waals surface area contributed by atoms with E-state index in [2.05, 4.69) is 34.1 Å². The van der Waals surface area contributed by atoms with Gasteiger partial charge in [0.15, 0.2) is 0 Å². The second-order valence-corrected chi connectivity index (χ2v) is 8.27. The van der Waals surface area contributed by atoms with Crippen LogP contribution in [0, 0.1) is 11.8 Å². The van der Waals surface area contributed by atoms with Crippen LogP contribution in [0.4, 0.5) is 0 Å². The summed E-state index contributed by atoms with van der Waals surface area (Å²) in [4.78, 5) is 14.9. The molecular weight excluding hydrogens is 292 g/mol. The van der Waals surface area contributed by atoms with Gasteiger partial charge < -0.3 is 10.2 Å². The number of likely N-dealkylation sites (tertiary alicyclic amines) is 1. The van der Waals surface area contributed by atoms with Crippen molar-refractivity contribution in [1.82, 2.24) is 10.2 Å². The van der Waals surface area contributed by atoms with Crippen LogP contribution in [-0.4, -0.2) is 48.0 Å². The van der Waals surface area contributed by atoms with E-state index in [1.54, 1.807) is 0 Å². The minimum absolute atomic E-state index is 0.227. The molecule has 0 aromatic carbocycles. The van der Waals surface area contributed by atoms with E-state index in [0.29, 0.717) is 5.92 Å². The number of thioether (sulfide) groups is 1. The first-order valence-corrected chi connectivity index (χ1v) is 10.2. The number of nitrogens with zero attached hydrogens (tertiary/aromatic N) is 1. The van der Waals surface area contributed by atoms with Crippen molar-refractivity contribution in [3.05, 3.63) is 12.2 Å². The monoisotopic (exact) mass is 322 g/mol. The lowest BCUT2D eigenvalue weighted by molar-refractivity contribution is -0.125. The Kier molecular flexibility index (Phi) is 6.25. The molecule has 0 aromatic heterocycles. The molecule has 0 spiro atoms. The van der Waals surface area contributed by atoms with Gasteiger partial charge in [0.1, 0.15) is 0 Å². The number of piperidine rings is 1. The number of hydrogen-bond acceptors (Lipinski definition) is 3. The van der Waals surface area contributed by atoms with Crippen molar-refractivity contribution in [1.29, 1.82) is 0 Å². The molecule has 2 aliphatic heterocycles. The van der Waals surface area contributed by atoms with Crippen molar-refractivity contribution >= 4 is 17.7 Å². The summed E-state index contributed by atoms with van der Waals surface area (Å²) in [5.74, 6) is 3.89. The molecule has 1 N–H and O–H groups in total. The van der Waals surface area contributed by atoms with Gasteiger partial charge in [0.25, 0.3) is 0 Å². The van der Waals surface area contributed by atoms with E-state index in [9.17, 15) is 4.79 Å². The Morgan fingerprint density at radius 2 is 1.86 bits per heavy atom. The van der Waals surface area contributed by atoms with Gasteiger partial charge in [0, 0.05) is 18.5 Å². The van der Waals surface area contributed by atoms with Gasteiger partial charge in [-0.15, -0.1) is 0 Å². The van der Waals surface area contributed by atoms with E-state index >= 15 is 0 Å². The van der Waals surface area contributed by atoms with Crippen LogP contribution in [0.3, 0.4) is 0 Å². The van der Waals surface area contributed by atoms with Crippen LogP contribution in [-0.2, 0) is 4.79 Å². The first-order chi connectivity index (χ1) is 10.8. The zero-order chi connectivity index (χ0) is 15.2. The van der Waals surface area contributed by atoms with Gasteiger partial charge >= 0.3 is 0 Å². The normalized spacial score (nSPS) is 28.6. The van der Waals surface area contributed by atoms with E-state index in [1.165, 1.54) is 50.3 Å². The molecule has 3 aliphatic rings. The third-order valence-corrected chi connectivity index (χ3v) is 6.61. The number of nitrogens with one attached hydrogen (secondary N) is 1. The highest BCUT2D eigenvalue weighted by atomic mass is 32.2.